The number of rotatable bonds is 8. The number of hydrogen-bond donors (Lipinski definition) is 2. The number of hydrogen-bond acceptors (Lipinski definition) is 4. The van der Waals surface area contributed by atoms with Gasteiger partial charge in [0, 0.05) is 23.1 Å². The number of nitrogens with one attached hydrogen (secondary N) is 2. The third-order valence-corrected chi connectivity index (χ3v) is 4.73. The number of benzene rings is 1. The Balaban J connectivity index is 2.92. The molecule has 0 amide bonds. The van der Waals surface area contributed by atoms with Gasteiger partial charge in [0.25, 0.3) is 0 Å². The molecule has 0 heterocycles. The van der Waals surface area contributed by atoms with Crippen LogP contribution in [0.25, 0.3) is 0 Å². The largest absolute Gasteiger partial charge is 0.316 e. The zero-order valence-electron chi connectivity index (χ0n) is 12.4. The molecule has 5 nitrogen and oxygen atoms in total. The maximum absolute atomic E-state index is 14.3. The molecule has 0 atom stereocenters. The van der Waals surface area contributed by atoms with Crippen molar-refractivity contribution < 1.29 is 12.8 Å². The lowest BCUT2D eigenvalue weighted by atomic mass is 10.2. The van der Waals surface area contributed by atoms with E-state index < -0.39 is 15.8 Å². The van der Waals surface area contributed by atoms with Crippen molar-refractivity contribution in [2.75, 3.05) is 34.2 Å². The van der Waals surface area contributed by atoms with Gasteiger partial charge in [-0.1, -0.05) is 15.9 Å². The molecule has 0 aromatic heterocycles. The fraction of sp³-hybridized carbons (Fsp3) is 0.538. The zero-order valence-corrected chi connectivity index (χ0v) is 14.8. The second-order valence-corrected chi connectivity index (χ2v) is 7.61. The summed E-state index contributed by atoms with van der Waals surface area (Å²) in [5.41, 5.74) is 0.306. The molecule has 8 heteroatoms. The lowest BCUT2D eigenvalue weighted by molar-refractivity contribution is 0.400. The maximum Gasteiger partial charge on any atom is 0.243 e. The van der Waals surface area contributed by atoms with E-state index in [0.29, 0.717) is 16.5 Å². The Morgan fingerprint density at radius 2 is 2.00 bits per heavy atom. The van der Waals surface area contributed by atoms with Gasteiger partial charge in [-0.2, -0.15) is 0 Å². The first kappa shape index (κ1) is 18.5. The Morgan fingerprint density at radius 3 is 2.57 bits per heavy atom. The SMILES string of the molecule is CNCc1cc(Br)cc(S(=O)(=O)NCCCN(C)C)c1F. The highest BCUT2D eigenvalue weighted by Crippen LogP contribution is 2.24. The first-order chi connectivity index (χ1) is 9.77. The predicted molar refractivity (Wildman–Crippen MR) is 85.2 cm³/mol. The van der Waals surface area contributed by atoms with Crippen LogP contribution in [-0.4, -0.2) is 47.6 Å². The van der Waals surface area contributed by atoms with Crippen LogP contribution in [0.1, 0.15) is 12.0 Å². The summed E-state index contributed by atoms with van der Waals surface area (Å²) in [6.07, 6.45) is 0.658. The molecule has 21 heavy (non-hydrogen) atoms. The van der Waals surface area contributed by atoms with Crippen LogP contribution in [-0.2, 0) is 16.6 Å². The normalized spacial score (nSPS) is 12.1. The summed E-state index contributed by atoms with van der Waals surface area (Å²) in [4.78, 5) is 1.63. The van der Waals surface area contributed by atoms with E-state index in [2.05, 4.69) is 26.0 Å². The number of sulfonamides is 1. The minimum absolute atomic E-state index is 0.258. The summed E-state index contributed by atoms with van der Waals surface area (Å²) in [5.74, 6) is -0.715. The van der Waals surface area contributed by atoms with E-state index in [0.717, 1.165) is 6.54 Å². The topological polar surface area (TPSA) is 61.4 Å². The molecular formula is C13H21BrFN3O2S. The number of nitrogens with zero attached hydrogens (tertiary/aromatic N) is 1. The molecule has 0 aliphatic carbocycles. The van der Waals surface area contributed by atoms with Gasteiger partial charge in [0.05, 0.1) is 0 Å². The second-order valence-electron chi connectivity index (χ2n) is 4.96. The molecule has 0 radical (unpaired) electrons. The van der Waals surface area contributed by atoms with Crippen molar-refractivity contribution in [3.63, 3.8) is 0 Å². The van der Waals surface area contributed by atoms with E-state index in [9.17, 15) is 12.8 Å². The number of halogens is 2. The molecule has 0 bridgehead atoms. The summed E-state index contributed by atoms with van der Waals surface area (Å²) >= 11 is 3.22. The Morgan fingerprint density at radius 1 is 1.33 bits per heavy atom. The van der Waals surface area contributed by atoms with Crippen molar-refractivity contribution >= 4 is 26.0 Å². The van der Waals surface area contributed by atoms with Crippen molar-refractivity contribution in [3.8, 4) is 0 Å². The first-order valence-electron chi connectivity index (χ1n) is 6.55. The van der Waals surface area contributed by atoms with Gasteiger partial charge < -0.3 is 10.2 Å². The molecule has 2 N–H and O–H groups in total. The Kier molecular flexibility index (Phi) is 7.22. The van der Waals surface area contributed by atoms with E-state index in [1.807, 2.05) is 19.0 Å². The molecular weight excluding hydrogens is 361 g/mol. The lowest BCUT2D eigenvalue weighted by Crippen LogP contribution is -2.28. The van der Waals surface area contributed by atoms with Gasteiger partial charge in [0.15, 0.2) is 0 Å². The molecule has 1 aromatic carbocycles. The average Bonchev–Trinajstić information content (AvgIpc) is 2.38. The summed E-state index contributed by atoms with van der Waals surface area (Å²) < 4.78 is 41.6. The van der Waals surface area contributed by atoms with E-state index in [1.165, 1.54) is 6.07 Å². The highest BCUT2D eigenvalue weighted by Gasteiger charge is 2.21. The third kappa shape index (κ3) is 5.63. The van der Waals surface area contributed by atoms with Crippen molar-refractivity contribution in [2.45, 2.75) is 17.9 Å². The molecule has 1 rings (SSSR count). The summed E-state index contributed by atoms with van der Waals surface area (Å²) in [5, 5.41) is 2.81. The molecule has 1 aromatic rings. The molecule has 0 spiro atoms. The van der Waals surface area contributed by atoms with Crippen LogP contribution in [0.4, 0.5) is 4.39 Å². The van der Waals surface area contributed by atoms with Crippen molar-refractivity contribution in [2.24, 2.45) is 0 Å². The smallest absolute Gasteiger partial charge is 0.243 e. The van der Waals surface area contributed by atoms with Crippen LogP contribution in [0, 0.1) is 5.82 Å². The van der Waals surface area contributed by atoms with Gasteiger partial charge in [0.1, 0.15) is 10.7 Å². The third-order valence-electron chi connectivity index (χ3n) is 2.81. The van der Waals surface area contributed by atoms with Crippen LogP contribution in [0.5, 0.6) is 0 Å². The van der Waals surface area contributed by atoms with Gasteiger partial charge in [-0.3, -0.25) is 0 Å². The van der Waals surface area contributed by atoms with Gasteiger partial charge in [-0.15, -0.1) is 0 Å². The molecule has 120 valence electrons. The van der Waals surface area contributed by atoms with Gasteiger partial charge in [-0.25, -0.2) is 17.5 Å². The van der Waals surface area contributed by atoms with Crippen molar-refractivity contribution in [3.05, 3.63) is 28.0 Å². The molecule has 0 fully saturated rings. The average molecular weight is 382 g/mol. The Bertz CT molecular complexity index is 579. The molecule has 0 unspecified atom stereocenters. The van der Waals surface area contributed by atoms with Gasteiger partial charge in [0.2, 0.25) is 10.0 Å². The Labute approximate surface area is 134 Å². The lowest BCUT2D eigenvalue weighted by Gasteiger charge is -2.12. The summed E-state index contributed by atoms with van der Waals surface area (Å²) in [7, 11) is 1.64. The van der Waals surface area contributed by atoms with Crippen LogP contribution in [0.2, 0.25) is 0 Å². The first-order valence-corrected chi connectivity index (χ1v) is 8.82. The van der Waals surface area contributed by atoms with E-state index in [-0.39, 0.29) is 18.0 Å². The summed E-state index contributed by atoms with van der Waals surface area (Å²) in [6.45, 7) is 1.29. The van der Waals surface area contributed by atoms with E-state index in [4.69, 9.17) is 0 Å². The van der Waals surface area contributed by atoms with Gasteiger partial charge in [-0.05, 0) is 46.2 Å². The molecule has 0 aliphatic rings. The zero-order chi connectivity index (χ0) is 16.0. The van der Waals surface area contributed by atoms with Crippen LogP contribution < -0.4 is 10.0 Å². The quantitative estimate of drug-likeness (QED) is 0.670. The monoisotopic (exact) mass is 381 g/mol. The van der Waals surface area contributed by atoms with Crippen LogP contribution in [0.3, 0.4) is 0 Å². The predicted octanol–water partition coefficient (Wildman–Crippen LogP) is 1.54. The fourth-order valence-electron chi connectivity index (χ4n) is 1.81. The minimum atomic E-state index is -3.85. The highest BCUT2D eigenvalue weighted by molar-refractivity contribution is 9.10. The van der Waals surface area contributed by atoms with E-state index in [1.54, 1.807) is 13.1 Å². The van der Waals surface area contributed by atoms with E-state index >= 15 is 0 Å². The van der Waals surface area contributed by atoms with Crippen molar-refractivity contribution in [1.29, 1.82) is 0 Å². The Hall–Kier alpha value is -0.540. The maximum atomic E-state index is 14.3. The van der Waals surface area contributed by atoms with Crippen molar-refractivity contribution in [1.82, 2.24) is 14.9 Å². The van der Waals surface area contributed by atoms with Crippen LogP contribution in [0.15, 0.2) is 21.5 Å². The second kappa shape index (κ2) is 8.19. The van der Waals surface area contributed by atoms with Crippen LogP contribution >= 0.6 is 15.9 Å². The minimum Gasteiger partial charge on any atom is -0.316 e. The molecule has 0 aliphatic heterocycles. The summed E-state index contributed by atoms with van der Waals surface area (Å²) in [6, 6.07) is 2.85. The molecule has 0 saturated carbocycles. The van der Waals surface area contributed by atoms with Gasteiger partial charge >= 0.3 is 0 Å². The highest BCUT2D eigenvalue weighted by atomic mass is 79.9. The standard InChI is InChI=1S/C13H21BrFN3O2S/c1-16-9-10-7-11(14)8-12(13(10)15)21(19,20)17-5-4-6-18(2)3/h7-8,16-17H,4-6,9H2,1-3H3. The fourth-order valence-corrected chi connectivity index (χ4v) is 3.69. The molecule has 0 saturated heterocycles.